The first kappa shape index (κ1) is 15.3. The van der Waals surface area contributed by atoms with Crippen LogP contribution in [0.3, 0.4) is 0 Å². The minimum absolute atomic E-state index is 0.0207. The molecule has 0 radical (unpaired) electrons. The van der Waals surface area contributed by atoms with Gasteiger partial charge < -0.3 is 11.1 Å². The van der Waals surface area contributed by atoms with Crippen molar-refractivity contribution in [1.29, 1.82) is 0 Å². The molecule has 2 aromatic rings. The summed E-state index contributed by atoms with van der Waals surface area (Å²) in [6.07, 6.45) is 0. The van der Waals surface area contributed by atoms with E-state index in [-0.39, 0.29) is 11.8 Å². The standard InChI is InChI=1S/C17H18N2OS/c1-13(14-6-3-2-4-7-14)17(20)19-12-16-15(8-5-10-18)9-11-21-16/h2-4,6-7,9,11,13H,10,12,18H2,1H3,(H,19,20). The summed E-state index contributed by atoms with van der Waals surface area (Å²) < 4.78 is 0. The molecule has 1 aromatic heterocycles. The number of thiophene rings is 1. The van der Waals surface area contributed by atoms with E-state index in [1.165, 1.54) is 0 Å². The largest absolute Gasteiger partial charge is 0.351 e. The van der Waals surface area contributed by atoms with Crippen LogP contribution in [0.1, 0.15) is 28.8 Å². The summed E-state index contributed by atoms with van der Waals surface area (Å²) in [6, 6.07) is 11.7. The number of hydrogen-bond donors (Lipinski definition) is 2. The van der Waals surface area contributed by atoms with E-state index >= 15 is 0 Å². The Bertz CT molecular complexity index is 652. The molecule has 0 saturated carbocycles. The number of benzene rings is 1. The van der Waals surface area contributed by atoms with Gasteiger partial charge in [0.15, 0.2) is 0 Å². The maximum atomic E-state index is 12.2. The fourth-order valence-electron chi connectivity index (χ4n) is 1.95. The minimum Gasteiger partial charge on any atom is -0.351 e. The lowest BCUT2D eigenvalue weighted by Crippen LogP contribution is -2.27. The van der Waals surface area contributed by atoms with Crippen LogP contribution in [0.5, 0.6) is 0 Å². The summed E-state index contributed by atoms with van der Waals surface area (Å²) in [5, 5.41) is 4.95. The molecule has 2 rings (SSSR count). The quantitative estimate of drug-likeness (QED) is 0.852. The summed E-state index contributed by atoms with van der Waals surface area (Å²) in [7, 11) is 0. The van der Waals surface area contributed by atoms with Gasteiger partial charge in [0, 0.05) is 10.4 Å². The molecule has 0 fully saturated rings. The zero-order chi connectivity index (χ0) is 15.1. The molecule has 0 saturated heterocycles. The molecule has 1 heterocycles. The summed E-state index contributed by atoms with van der Waals surface area (Å²) in [6.45, 7) is 2.75. The number of carbonyl (C=O) groups excluding carboxylic acids is 1. The van der Waals surface area contributed by atoms with E-state index in [0.717, 1.165) is 16.0 Å². The van der Waals surface area contributed by atoms with Crippen molar-refractivity contribution in [3.05, 3.63) is 57.8 Å². The molecule has 1 atom stereocenters. The summed E-state index contributed by atoms with van der Waals surface area (Å²) in [5.74, 6) is 5.72. The van der Waals surface area contributed by atoms with Crippen LogP contribution in [0.2, 0.25) is 0 Å². The number of nitrogens with two attached hydrogens (primary N) is 1. The van der Waals surface area contributed by atoms with Crippen molar-refractivity contribution >= 4 is 17.2 Å². The van der Waals surface area contributed by atoms with Crippen LogP contribution in [0.15, 0.2) is 41.8 Å². The van der Waals surface area contributed by atoms with Crippen LogP contribution in [-0.4, -0.2) is 12.5 Å². The fourth-order valence-corrected chi connectivity index (χ4v) is 2.72. The lowest BCUT2D eigenvalue weighted by atomic mass is 10.0. The van der Waals surface area contributed by atoms with Gasteiger partial charge in [0.05, 0.1) is 19.0 Å². The molecule has 1 unspecified atom stereocenters. The van der Waals surface area contributed by atoms with Gasteiger partial charge in [0.25, 0.3) is 0 Å². The predicted octanol–water partition coefficient (Wildman–Crippen LogP) is 2.48. The van der Waals surface area contributed by atoms with Gasteiger partial charge in [-0.1, -0.05) is 42.2 Å². The van der Waals surface area contributed by atoms with Crippen LogP contribution in [0, 0.1) is 11.8 Å². The van der Waals surface area contributed by atoms with Gasteiger partial charge in [-0.2, -0.15) is 0 Å². The molecule has 1 amide bonds. The monoisotopic (exact) mass is 298 g/mol. The Morgan fingerprint density at radius 2 is 2.10 bits per heavy atom. The third kappa shape index (κ3) is 4.19. The van der Waals surface area contributed by atoms with Crippen molar-refractivity contribution in [3.8, 4) is 11.8 Å². The summed E-state index contributed by atoms with van der Waals surface area (Å²) in [5.41, 5.74) is 7.34. The number of nitrogens with one attached hydrogen (secondary N) is 1. The Morgan fingerprint density at radius 3 is 2.81 bits per heavy atom. The van der Waals surface area contributed by atoms with Crippen LogP contribution in [-0.2, 0) is 11.3 Å². The molecule has 0 aliphatic rings. The second-order valence-corrected chi connectivity index (χ2v) is 5.61. The highest BCUT2D eigenvalue weighted by atomic mass is 32.1. The molecule has 3 N–H and O–H groups in total. The maximum absolute atomic E-state index is 12.2. The van der Waals surface area contributed by atoms with Crippen molar-refractivity contribution in [2.75, 3.05) is 6.54 Å². The third-order valence-corrected chi connectivity index (χ3v) is 4.11. The molecule has 21 heavy (non-hydrogen) atoms. The minimum atomic E-state index is -0.162. The third-order valence-electron chi connectivity index (χ3n) is 3.19. The van der Waals surface area contributed by atoms with E-state index in [1.807, 2.05) is 48.7 Å². The second kappa shape index (κ2) is 7.63. The summed E-state index contributed by atoms with van der Waals surface area (Å²) >= 11 is 1.59. The van der Waals surface area contributed by atoms with Crippen LogP contribution in [0.4, 0.5) is 0 Å². The lowest BCUT2D eigenvalue weighted by molar-refractivity contribution is -0.122. The van der Waals surface area contributed by atoms with E-state index in [4.69, 9.17) is 5.73 Å². The molecular weight excluding hydrogens is 280 g/mol. The van der Waals surface area contributed by atoms with Crippen molar-refractivity contribution < 1.29 is 4.79 Å². The molecule has 4 heteroatoms. The van der Waals surface area contributed by atoms with Crippen LogP contribution < -0.4 is 11.1 Å². The highest BCUT2D eigenvalue weighted by Crippen LogP contribution is 2.17. The first-order valence-corrected chi connectivity index (χ1v) is 7.68. The average molecular weight is 298 g/mol. The van der Waals surface area contributed by atoms with Crippen LogP contribution >= 0.6 is 11.3 Å². The second-order valence-electron chi connectivity index (χ2n) is 4.61. The van der Waals surface area contributed by atoms with E-state index in [2.05, 4.69) is 17.2 Å². The van der Waals surface area contributed by atoms with Gasteiger partial charge in [-0.25, -0.2) is 0 Å². The zero-order valence-corrected chi connectivity index (χ0v) is 12.7. The van der Waals surface area contributed by atoms with Gasteiger partial charge >= 0.3 is 0 Å². The molecule has 0 aliphatic carbocycles. The highest BCUT2D eigenvalue weighted by molar-refractivity contribution is 7.10. The van der Waals surface area contributed by atoms with Gasteiger partial charge in [-0.15, -0.1) is 11.3 Å². The van der Waals surface area contributed by atoms with Crippen molar-refractivity contribution in [2.45, 2.75) is 19.4 Å². The fraction of sp³-hybridized carbons (Fsp3) is 0.235. The average Bonchev–Trinajstić information content (AvgIpc) is 2.98. The molecular formula is C17H18N2OS. The van der Waals surface area contributed by atoms with E-state index in [0.29, 0.717) is 13.1 Å². The topological polar surface area (TPSA) is 55.1 Å². The SMILES string of the molecule is CC(C(=O)NCc1sccc1C#CCN)c1ccccc1. The molecule has 0 spiro atoms. The number of carbonyl (C=O) groups is 1. The number of amides is 1. The van der Waals surface area contributed by atoms with Crippen molar-refractivity contribution in [2.24, 2.45) is 5.73 Å². The van der Waals surface area contributed by atoms with E-state index in [9.17, 15) is 4.79 Å². The Morgan fingerprint density at radius 1 is 1.33 bits per heavy atom. The normalized spacial score (nSPS) is 11.3. The summed E-state index contributed by atoms with van der Waals surface area (Å²) in [4.78, 5) is 13.3. The maximum Gasteiger partial charge on any atom is 0.227 e. The molecule has 1 aromatic carbocycles. The Kier molecular flexibility index (Phi) is 5.56. The van der Waals surface area contributed by atoms with Crippen molar-refractivity contribution in [3.63, 3.8) is 0 Å². The van der Waals surface area contributed by atoms with Gasteiger partial charge in [-0.05, 0) is 23.9 Å². The van der Waals surface area contributed by atoms with Gasteiger partial charge in [0.2, 0.25) is 5.91 Å². The van der Waals surface area contributed by atoms with Crippen molar-refractivity contribution in [1.82, 2.24) is 5.32 Å². The molecule has 0 bridgehead atoms. The lowest BCUT2D eigenvalue weighted by Gasteiger charge is -2.12. The van der Waals surface area contributed by atoms with Crippen LogP contribution in [0.25, 0.3) is 0 Å². The van der Waals surface area contributed by atoms with Gasteiger partial charge in [-0.3, -0.25) is 4.79 Å². The Balaban J connectivity index is 1.97. The Labute approximate surface area is 129 Å². The smallest absolute Gasteiger partial charge is 0.227 e. The number of hydrogen-bond acceptors (Lipinski definition) is 3. The molecule has 3 nitrogen and oxygen atoms in total. The van der Waals surface area contributed by atoms with E-state index in [1.54, 1.807) is 11.3 Å². The predicted molar refractivity (Wildman–Crippen MR) is 87.0 cm³/mol. The van der Waals surface area contributed by atoms with Gasteiger partial charge in [0.1, 0.15) is 0 Å². The number of rotatable bonds is 4. The first-order valence-electron chi connectivity index (χ1n) is 6.80. The molecule has 0 aliphatic heterocycles. The Hall–Kier alpha value is -2.09. The molecule has 108 valence electrons. The highest BCUT2D eigenvalue weighted by Gasteiger charge is 2.15. The first-order chi connectivity index (χ1) is 10.2. The van der Waals surface area contributed by atoms with E-state index < -0.39 is 0 Å². The zero-order valence-electron chi connectivity index (χ0n) is 11.9.